The fourth-order valence-electron chi connectivity index (χ4n) is 4.21. The monoisotopic (exact) mass is 311 g/mol. The Labute approximate surface area is 132 Å². The van der Waals surface area contributed by atoms with Crippen molar-refractivity contribution in [2.75, 3.05) is 19.7 Å². The average molecular weight is 311 g/mol. The molecule has 1 saturated heterocycles. The highest BCUT2D eigenvalue weighted by Crippen LogP contribution is 2.49. The van der Waals surface area contributed by atoms with Crippen molar-refractivity contribution in [2.45, 2.75) is 69.7 Å². The number of nitrogens with two attached hydrogens (primary N) is 1. The molecule has 2 aliphatic carbocycles. The standard InChI is InChI=1S/C16H29N3O3/c17-19-15(20)11-21-12-1-3-13(4-2-12)22-14-9-16(10-14)5-7-18-8-6-16/h12-14,18H,1-11,17H2,(H,19,20). The maximum Gasteiger partial charge on any atom is 0.259 e. The third kappa shape index (κ3) is 3.98. The van der Waals surface area contributed by atoms with Crippen molar-refractivity contribution in [1.82, 2.24) is 10.7 Å². The van der Waals surface area contributed by atoms with Crippen LogP contribution in [0.1, 0.15) is 51.4 Å². The Balaban J connectivity index is 1.31. The molecule has 0 unspecified atom stereocenters. The number of amides is 1. The molecule has 6 heteroatoms. The summed E-state index contributed by atoms with van der Waals surface area (Å²) in [7, 11) is 0. The Morgan fingerprint density at radius 1 is 1.09 bits per heavy atom. The van der Waals surface area contributed by atoms with Gasteiger partial charge in [-0.2, -0.15) is 0 Å². The van der Waals surface area contributed by atoms with E-state index >= 15 is 0 Å². The highest BCUT2D eigenvalue weighted by Gasteiger charge is 2.45. The van der Waals surface area contributed by atoms with Crippen LogP contribution in [0.3, 0.4) is 0 Å². The van der Waals surface area contributed by atoms with Gasteiger partial charge in [0.05, 0.1) is 18.3 Å². The van der Waals surface area contributed by atoms with E-state index in [1.165, 1.54) is 38.8 Å². The highest BCUT2D eigenvalue weighted by atomic mass is 16.5. The zero-order valence-corrected chi connectivity index (χ0v) is 13.3. The van der Waals surface area contributed by atoms with Gasteiger partial charge >= 0.3 is 0 Å². The fraction of sp³-hybridized carbons (Fsp3) is 0.938. The molecule has 22 heavy (non-hydrogen) atoms. The lowest BCUT2D eigenvalue weighted by Gasteiger charge is -2.51. The predicted molar refractivity (Wildman–Crippen MR) is 83.0 cm³/mol. The summed E-state index contributed by atoms with van der Waals surface area (Å²) in [6.07, 6.45) is 10.2. The number of hydrogen-bond donors (Lipinski definition) is 3. The summed E-state index contributed by atoms with van der Waals surface area (Å²) >= 11 is 0. The molecule has 1 heterocycles. The molecule has 0 aromatic rings. The van der Waals surface area contributed by atoms with E-state index in [-0.39, 0.29) is 18.6 Å². The Morgan fingerprint density at radius 3 is 2.36 bits per heavy atom. The minimum absolute atomic E-state index is 0.0614. The number of carbonyl (C=O) groups is 1. The molecule has 0 radical (unpaired) electrons. The summed E-state index contributed by atoms with van der Waals surface area (Å²) in [4.78, 5) is 11.1. The maximum atomic E-state index is 11.1. The third-order valence-corrected chi connectivity index (χ3v) is 5.60. The van der Waals surface area contributed by atoms with Crippen molar-refractivity contribution in [3.05, 3.63) is 0 Å². The van der Waals surface area contributed by atoms with E-state index in [1.807, 2.05) is 0 Å². The molecule has 2 saturated carbocycles. The van der Waals surface area contributed by atoms with Crippen LogP contribution in [0.15, 0.2) is 0 Å². The lowest BCUT2D eigenvalue weighted by atomic mass is 9.61. The molecule has 0 aromatic heterocycles. The van der Waals surface area contributed by atoms with E-state index in [9.17, 15) is 4.79 Å². The Kier molecular flexibility index (Phi) is 5.33. The lowest BCUT2D eigenvalue weighted by Crippen LogP contribution is -2.49. The second kappa shape index (κ2) is 7.25. The summed E-state index contributed by atoms with van der Waals surface area (Å²) in [5, 5.41) is 3.44. The van der Waals surface area contributed by atoms with Gasteiger partial charge in [-0.3, -0.25) is 10.2 Å². The number of piperidine rings is 1. The number of hydrogen-bond acceptors (Lipinski definition) is 5. The van der Waals surface area contributed by atoms with Crippen LogP contribution in [0.5, 0.6) is 0 Å². The first kappa shape index (κ1) is 16.2. The Bertz CT molecular complexity index is 369. The van der Waals surface area contributed by atoms with Crippen molar-refractivity contribution >= 4 is 5.91 Å². The number of rotatable bonds is 5. The van der Waals surface area contributed by atoms with Gasteiger partial charge in [-0.05, 0) is 69.9 Å². The number of nitrogens with one attached hydrogen (secondary N) is 2. The summed E-state index contributed by atoms with van der Waals surface area (Å²) in [6.45, 7) is 2.41. The van der Waals surface area contributed by atoms with E-state index in [0.29, 0.717) is 17.6 Å². The molecule has 3 aliphatic rings. The minimum Gasteiger partial charge on any atom is -0.375 e. The third-order valence-electron chi connectivity index (χ3n) is 5.60. The predicted octanol–water partition coefficient (Wildman–Crippen LogP) is 0.853. The molecule has 0 atom stereocenters. The van der Waals surface area contributed by atoms with E-state index in [1.54, 1.807) is 0 Å². The first-order valence-corrected chi connectivity index (χ1v) is 8.66. The summed E-state index contributed by atoms with van der Waals surface area (Å²) < 4.78 is 11.8. The van der Waals surface area contributed by atoms with Crippen LogP contribution in [0.2, 0.25) is 0 Å². The number of carbonyl (C=O) groups excluding carboxylic acids is 1. The van der Waals surface area contributed by atoms with Crippen molar-refractivity contribution in [1.29, 1.82) is 0 Å². The van der Waals surface area contributed by atoms with Gasteiger partial charge in [-0.1, -0.05) is 0 Å². The van der Waals surface area contributed by atoms with Gasteiger partial charge in [-0.25, -0.2) is 5.84 Å². The van der Waals surface area contributed by atoms with Gasteiger partial charge in [0, 0.05) is 0 Å². The molecule has 0 bridgehead atoms. The van der Waals surface area contributed by atoms with Gasteiger partial charge in [0.15, 0.2) is 0 Å². The van der Waals surface area contributed by atoms with Crippen LogP contribution < -0.4 is 16.6 Å². The molecule has 3 fully saturated rings. The Hall–Kier alpha value is -0.690. The first-order valence-electron chi connectivity index (χ1n) is 8.66. The van der Waals surface area contributed by atoms with Gasteiger partial charge in [0.2, 0.25) is 0 Å². The molecular formula is C16H29N3O3. The molecule has 4 N–H and O–H groups in total. The molecule has 6 nitrogen and oxygen atoms in total. The largest absolute Gasteiger partial charge is 0.375 e. The van der Waals surface area contributed by atoms with Crippen LogP contribution in [0, 0.1) is 5.41 Å². The van der Waals surface area contributed by atoms with Crippen LogP contribution in [-0.2, 0) is 14.3 Å². The SMILES string of the molecule is NNC(=O)COC1CCC(OC2CC3(CCNCC3)C2)CC1. The highest BCUT2D eigenvalue weighted by molar-refractivity contribution is 5.76. The second-order valence-electron chi connectivity index (χ2n) is 7.19. The molecule has 3 rings (SSSR count). The first-order chi connectivity index (χ1) is 10.7. The van der Waals surface area contributed by atoms with E-state index in [2.05, 4.69) is 10.7 Å². The maximum absolute atomic E-state index is 11.1. The van der Waals surface area contributed by atoms with Gasteiger partial charge in [0.25, 0.3) is 5.91 Å². The van der Waals surface area contributed by atoms with Gasteiger partial charge < -0.3 is 14.8 Å². The van der Waals surface area contributed by atoms with Gasteiger partial charge in [0.1, 0.15) is 6.61 Å². The molecule has 1 spiro atoms. The Morgan fingerprint density at radius 2 is 1.73 bits per heavy atom. The molecule has 0 aromatic carbocycles. The quantitative estimate of drug-likeness (QED) is 0.398. The van der Waals surface area contributed by atoms with Crippen LogP contribution in [-0.4, -0.2) is 43.9 Å². The zero-order valence-electron chi connectivity index (χ0n) is 13.3. The van der Waals surface area contributed by atoms with E-state index in [0.717, 1.165) is 25.7 Å². The van der Waals surface area contributed by atoms with Crippen molar-refractivity contribution < 1.29 is 14.3 Å². The number of ether oxygens (including phenoxy) is 2. The molecule has 126 valence electrons. The second-order valence-corrected chi connectivity index (χ2v) is 7.19. The summed E-state index contributed by atoms with van der Waals surface area (Å²) in [5.41, 5.74) is 2.68. The average Bonchev–Trinajstić information content (AvgIpc) is 2.53. The fourth-order valence-corrected chi connectivity index (χ4v) is 4.21. The normalized spacial score (nSPS) is 31.7. The van der Waals surface area contributed by atoms with Crippen LogP contribution in [0.4, 0.5) is 0 Å². The van der Waals surface area contributed by atoms with Gasteiger partial charge in [-0.15, -0.1) is 0 Å². The van der Waals surface area contributed by atoms with Crippen molar-refractivity contribution in [3.8, 4) is 0 Å². The van der Waals surface area contributed by atoms with Crippen LogP contribution in [0.25, 0.3) is 0 Å². The summed E-state index contributed by atoms with van der Waals surface area (Å²) in [6, 6.07) is 0. The number of hydrazine groups is 1. The molecule has 1 aliphatic heterocycles. The topological polar surface area (TPSA) is 85.6 Å². The van der Waals surface area contributed by atoms with Crippen LogP contribution >= 0.6 is 0 Å². The smallest absolute Gasteiger partial charge is 0.259 e. The minimum atomic E-state index is -0.264. The zero-order chi connectivity index (χ0) is 15.4. The van der Waals surface area contributed by atoms with Crippen molar-refractivity contribution in [2.24, 2.45) is 11.3 Å². The lowest BCUT2D eigenvalue weighted by molar-refractivity contribution is -0.142. The van der Waals surface area contributed by atoms with Crippen molar-refractivity contribution in [3.63, 3.8) is 0 Å². The molecule has 1 amide bonds. The van der Waals surface area contributed by atoms with E-state index in [4.69, 9.17) is 15.3 Å². The molecular weight excluding hydrogens is 282 g/mol. The summed E-state index contributed by atoms with van der Waals surface area (Å²) in [5.74, 6) is 4.78. The van der Waals surface area contributed by atoms with E-state index < -0.39 is 0 Å².